The second-order valence-electron chi connectivity index (χ2n) is 7.92. The first kappa shape index (κ1) is 19.7. The molecule has 0 unspecified atom stereocenters. The molecule has 1 saturated heterocycles. The van der Waals surface area contributed by atoms with Gasteiger partial charge in [-0.05, 0) is 43.2 Å². The van der Waals surface area contributed by atoms with Crippen LogP contribution in [-0.4, -0.2) is 57.5 Å². The van der Waals surface area contributed by atoms with Gasteiger partial charge in [0, 0.05) is 37.1 Å². The van der Waals surface area contributed by atoms with Crippen molar-refractivity contribution < 1.29 is 17.9 Å². The maximum absolute atomic E-state index is 13.1. The van der Waals surface area contributed by atoms with E-state index in [2.05, 4.69) is 4.98 Å². The van der Waals surface area contributed by atoms with Crippen LogP contribution in [0.15, 0.2) is 48.5 Å². The highest BCUT2D eigenvalue weighted by Crippen LogP contribution is 2.42. The molecule has 2 aliphatic rings. The van der Waals surface area contributed by atoms with Crippen molar-refractivity contribution in [3.63, 3.8) is 0 Å². The van der Waals surface area contributed by atoms with E-state index in [1.807, 2.05) is 48.5 Å². The molecule has 8 nitrogen and oxygen atoms in total. The number of carbonyl (C=O) groups is 1. The molecule has 0 bridgehead atoms. The fraction of sp³-hybridized carbons (Fsp3) is 0.318. The Morgan fingerprint density at radius 1 is 1.06 bits per heavy atom. The largest absolute Gasteiger partial charge is 0.497 e. The van der Waals surface area contributed by atoms with Crippen LogP contribution in [0.25, 0.3) is 10.9 Å². The molecule has 1 amide bonds. The van der Waals surface area contributed by atoms with Crippen molar-refractivity contribution in [1.29, 1.82) is 0 Å². The fourth-order valence-corrected chi connectivity index (χ4v) is 6.16. The Hall–Kier alpha value is -3.20. The SMILES string of the molecule is COc1ccc2cc(C(=O)N3CCC(N4c5ccccc5N(C)S4(=O)=O)CC3)[nH]c2c1. The summed E-state index contributed by atoms with van der Waals surface area (Å²) in [6.45, 7) is 1.00. The first-order chi connectivity index (χ1) is 14.9. The lowest BCUT2D eigenvalue weighted by Gasteiger charge is -2.36. The van der Waals surface area contributed by atoms with Crippen molar-refractivity contribution in [2.75, 3.05) is 35.9 Å². The Bertz CT molecular complexity index is 1260. The number of aromatic nitrogens is 1. The van der Waals surface area contributed by atoms with Crippen molar-refractivity contribution in [2.45, 2.75) is 18.9 Å². The number of hydrogen-bond donors (Lipinski definition) is 1. The molecule has 1 N–H and O–H groups in total. The first-order valence-electron chi connectivity index (χ1n) is 10.2. The zero-order chi connectivity index (χ0) is 21.8. The number of likely N-dealkylation sites (tertiary alicyclic amines) is 1. The van der Waals surface area contributed by atoms with Gasteiger partial charge in [-0.25, -0.2) is 4.31 Å². The van der Waals surface area contributed by atoms with E-state index in [-0.39, 0.29) is 11.9 Å². The highest BCUT2D eigenvalue weighted by Gasteiger charge is 2.43. The van der Waals surface area contributed by atoms with Gasteiger partial charge in [0.1, 0.15) is 11.4 Å². The predicted molar refractivity (Wildman–Crippen MR) is 120 cm³/mol. The Morgan fingerprint density at radius 2 is 1.77 bits per heavy atom. The number of carbonyl (C=O) groups excluding carboxylic acids is 1. The molecule has 0 atom stereocenters. The van der Waals surface area contributed by atoms with E-state index >= 15 is 0 Å². The first-order valence-corrected chi connectivity index (χ1v) is 11.6. The van der Waals surface area contributed by atoms with E-state index in [0.717, 1.165) is 16.7 Å². The van der Waals surface area contributed by atoms with Crippen molar-refractivity contribution in [3.05, 3.63) is 54.2 Å². The number of amides is 1. The molecule has 3 aromatic rings. The molecule has 1 fully saturated rings. The minimum absolute atomic E-state index is 0.0737. The predicted octanol–water partition coefficient (Wildman–Crippen LogP) is 2.98. The van der Waals surface area contributed by atoms with Crippen LogP contribution < -0.4 is 13.3 Å². The molecule has 0 aliphatic carbocycles. The Morgan fingerprint density at radius 3 is 2.48 bits per heavy atom. The Balaban J connectivity index is 1.33. The Labute approximate surface area is 181 Å². The smallest absolute Gasteiger partial charge is 0.326 e. The monoisotopic (exact) mass is 440 g/mol. The van der Waals surface area contributed by atoms with Gasteiger partial charge in [-0.3, -0.25) is 9.10 Å². The number of nitrogens with one attached hydrogen (secondary N) is 1. The highest BCUT2D eigenvalue weighted by atomic mass is 32.2. The van der Waals surface area contributed by atoms with Crippen LogP contribution in [0.3, 0.4) is 0 Å². The second-order valence-corrected chi connectivity index (χ2v) is 9.76. The minimum atomic E-state index is -3.59. The molecule has 3 heterocycles. The second kappa shape index (κ2) is 7.19. The molecular weight excluding hydrogens is 416 g/mol. The minimum Gasteiger partial charge on any atom is -0.497 e. The fourth-order valence-electron chi connectivity index (χ4n) is 4.50. The van der Waals surface area contributed by atoms with Crippen LogP contribution in [-0.2, 0) is 10.2 Å². The molecule has 0 radical (unpaired) electrons. The van der Waals surface area contributed by atoms with Gasteiger partial charge in [-0.15, -0.1) is 0 Å². The van der Waals surface area contributed by atoms with Crippen LogP contribution in [0, 0.1) is 0 Å². The molecule has 5 rings (SSSR count). The van der Waals surface area contributed by atoms with Gasteiger partial charge < -0.3 is 14.6 Å². The van der Waals surface area contributed by atoms with Gasteiger partial charge in [0.25, 0.3) is 5.91 Å². The summed E-state index contributed by atoms with van der Waals surface area (Å²) >= 11 is 0. The summed E-state index contributed by atoms with van der Waals surface area (Å²) in [5.41, 5.74) is 2.77. The van der Waals surface area contributed by atoms with E-state index < -0.39 is 10.2 Å². The summed E-state index contributed by atoms with van der Waals surface area (Å²) in [6.07, 6.45) is 1.17. The van der Waals surface area contributed by atoms with Gasteiger partial charge in [-0.2, -0.15) is 8.42 Å². The van der Waals surface area contributed by atoms with Crippen LogP contribution in [0.2, 0.25) is 0 Å². The van der Waals surface area contributed by atoms with Gasteiger partial charge in [-0.1, -0.05) is 12.1 Å². The lowest BCUT2D eigenvalue weighted by Crippen LogP contribution is -2.49. The summed E-state index contributed by atoms with van der Waals surface area (Å²) in [5.74, 6) is 0.654. The van der Waals surface area contributed by atoms with Crippen molar-refractivity contribution in [2.24, 2.45) is 0 Å². The molecule has 2 aromatic carbocycles. The van der Waals surface area contributed by atoms with E-state index in [1.54, 1.807) is 19.1 Å². The van der Waals surface area contributed by atoms with Gasteiger partial charge in [0.2, 0.25) is 0 Å². The van der Waals surface area contributed by atoms with E-state index in [9.17, 15) is 13.2 Å². The third-order valence-electron chi connectivity index (χ3n) is 6.20. The van der Waals surface area contributed by atoms with Gasteiger partial charge >= 0.3 is 10.2 Å². The lowest BCUT2D eigenvalue weighted by atomic mass is 10.0. The average Bonchev–Trinajstić information content (AvgIpc) is 3.30. The van der Waals surface area contributed by atoms with Crippen LogP contribution >= 0.6 is 0 Å². The number of aromatic amines is 1. The normalized spacial score (nSPS) is 18.5. The van der Waals surface area contributed by atoms with Crippen LogP contribution in [0.4, 0.5) is 11.4 Å². The number of fused-ring (bicyclic) bond motifs is 2. The zero-order valence-electron chi connectivity index (χ0n) is 17.4. The Kier molecular flexibility index (Phi) is 4.58. The zero-order valence-corrected chi connectivity index (χ0v) is 18.2. The average molecular weight is 441 g/mol. The molecule has 9 heteroatoms. The molecule has 1 aromatic heterocycles. The summed E-state index contributed by atoms with van der Waals surface area (Å²) in [5, 5.41) is 0.946. The summed E-state index contributed by atoms with van der Waals surface area (Å²) in [6, 6.07) is 14.7. The molecule has 0 spiro atoms. The molecular formula is C22H24N4O4S. The number of ether oxygens (including phenoxy) is 1. The molecule has 31 heavy (non-hydrogen) atoms. The van der Waals surface area contributed by atoms with E-state index in [0.29, 0.717) is 43.0 Å². The number of rotatable bonds is 3. The van der Waals surface area contributed by atoms with Gasteiger partial charge in [0.15, 0.2) is 0 Å². The third kappa shape index (κ3) is 3.11. The summed E-state index contributed by atoms with van der Waals surface area (Å²) in [7, 11) is -0.404. The number of anilines is 2. The van der Waals surface area contributed by atoms with Crippen LogP contribution in [0.1, 0.15) is 23.3 Å². The molecule has 0 saturated carbocycles. The maximum Gasteiger partial charge on any atom is 0.326 e. The quantitative estimate of drug-likeness (QED) is 0.679. The number of para-hydroxylation sites is 2. The number of H-pyrrole nitrogens is 1. The van der Waals surface area contributed by atoms with E-state index in [4.69, 9.17) is 4.74 Å². The summed E-state index contributed by atoms with van der Waals surface area (Å²) < 4.78 is 34.1. The standard InChI is InChI=1S/C22H24N4O4S/c1-24-20-5-3-4-6-21(20)26(31(24,28)29)16-9-11-25(12-10-16)22(27)19-13-15-7-8-17(30-2)14-18(15)23-19/h3-8,13-14,16,23H,9-12H2,1-2H3. The van der Waals surface area contributed by atoms with Crippen molar-refractivity contribution in [1.82, 2.24) is 9.88 Å². The summed E-state index contributed by atoms with van der Waals surface area (Å²) in [4.78, 5) is 18.0. The number of hydrogen-bond acceptors (Lipinski definition) is 4. The van der Waals surface area contributed by atoms with Gasteiger partial charge in [0.05, 0.1) is 24.5 Å². The highest BCUT2D eigenvalue weighted by molar-refractivity contribution is 7.94. The molecule has 2 aliphatic heterocycles. The number of methoxy groups -OCH3 is 1. The van der Waals surface area contributed by atoms with Crippen molar-refractivity contribution in [3.8, 4) is 5.75 Å². The topological polar surface area (TPSA) is 85.9 Å². The van der Waals surface area contributed by atoms with E-state index in [1.165, 1.54) is 8.61 Å². The number of nitrogens with zero attached hydrogens (tertiary/aromatic N) is 3. The number of benzene rings is 2. The lowest BCUT2D eigenvalue weighted by molar-refractivity contribution is 0.0711. The molecule has 162 valence electrons. The van der Waals surface area contributed by atoms with Crippen LogP contribution in [0.5, 0.6) is 5.75 Å². The maximum atomic E-state index is 13.1. The number of piperidine rings is 1. The van der Waals surface area contributed by atoms with Crippen molar-refractivity contribution >= 4 is 38.4 Å². The third-order valence-corrected chi connectivity index (χ3v) is 8.08.